The number of hydrogen-bond acceptors (Lipinski definition) is 1. The van der Waals surface area contributed by atoms with Crippen LogP contribution in [-0.2, 0) is 11.2 Å². The van der Waals surface area contributed by atoms with Crippen molar-refractivity contribution in [1.29, 1.82) is 0 Å². The average molecular weight is 162 g/mol. The van der Waals surface area contributed by atoms with Gasteiger partial charge in [0.2, 0.25) is 0 Å². The molecule has 0 bridgehead atoms. The molecule has 0 aromatic heterocycles. The SMILES string of the molecule is CCO/C=C/Cc1ccccc1. The van der Waals surface area contributed by atoms with Gasteiger partial charge in [-0.2, -0.15) is 0 Å². The third kappa shape index (κ3) is 3.24. The van der Waals surface area contributed by atoms with Crippen LogP contribution in [-0.4, -0.2) is 6.61 Å². The molecule has 0 fully saturated rings. The predicted octanol–water partition coefficient (Wildman–Crippen LogP) is 2.78. The Labute approximate surface area is 73.7 Å². The van der Waals surface area contributed by atoms with Crippen molar-refractivity contribution in [2.45, 2.75) is 13.3 Å². The number of allylic oxidation sites excluding steroid dienone is 1. The number of benzene rings is 1. The molecule has 1 aromatic rings. The molecule has 1 nitrogen and oxygen atoms in total. The monoisotopic (exact) mass is 162 g/mol. The lowest BCUT2D eigenvalue weighted by atomic mass is 10.2. The Balaban J connectivity index is 2.33. The van der Waals surface area contributed by atoms with Gasteiger partial charge in [0, 0.05) is 0 Å². The normalized spacial score (nSPS) is 10.4. The van der Waals surface area contributed by atoms with Gasteiger partial charge in [0.1, 0.15) is 0 Å². The van der Waals surface area contributed by atoms with Gasteiger partial charge in [-0.15, -0.1) is 0 Å². The van der Waals surface area contributed by atoms with Crippen LogP contribution >= 0.6 is 0 Å². The maximum atomic E-state index is 5.07. The van der Waals surface area contributed by atoms with Gasteiger partial charge in [-0.05, 0) is 25.0 Å². The van der Waals surface area contributed by atoms with E-state index in [9.17, 15) is 0 Å². The van der Waals surface area contributed by atoms with Crippen molar-refractivity contribution in [3.63, 3.8) is 0 Å². The molecule has 64 valence electrons. The highest BCUT2D eigenvalue weighted by Gasteiger charge is 1.84. The quantitative estimate of drug-likeness (QED) is 0.618. The lowest BCUT2D eigenvalue weighted by molar-refractivity contribution is 0.268. The summed E-state index contributed by atoms with van der Waals surface area (Å²) in [6.07, 6.45) is 4.73. The third-order valence-electron chi connectivity index (χ3n) is 1.56. The molecule has 0 spiro atoms. The van der Waals surface area contributed by atoms with Gasteiger partial charge >= 0.3 is 0 Å². The smallest absolute Gasteiger partial charge is 0.0845 e. The summed E-state index contributed by atoms with van der Waals surface area (Å²) in [7, 11) is 0. The summed E-state index contributed by atoms with van der Waals surface area (Å²) in [4.78, 5) is 0. The van der Waals surface area contributed by atoms with Crippen LogP contribution < -0.4 is 0 Å². The molecule has 1 aromatic carbocycles. The van der Waals surface area contributed by atoms with E-state index in [1.54, 1.807) is 6.26 Å². The van der Waals surface area contributed by atoms with Crippen molar-refractivity contribution in [3.8, 4) is 0 Å². The van der Waals surface area contributed by atoms with Crippen molar-refractivity contribution in [2.24, 2.45) is 0 Å². The van der Waals surface area contributed by atoms with Crippen LogP contribution in [0.4, 0.5) is 0 Å². The minimum atomic E-state index is 0.741. The van der Waals surface area contributed by atoms with Crippen molar-refractivity contribution in [3.05, 3.63) is 48.2 Å². The van der Waals surface area contributed by atoms with Crippen molar-refractivity contribution in [1.82, 2.24) is 0 Å². The minimum Gasteiger partial charge on any atom is -0.502 e. The predicted molar refractivity (Wildman–Crippen MR) is 50.9 cm³/mol. The highest BCUT2D eigenvalue weighted by Crippen LogP contribution is 1.99. The van der Waals surface area contributed by atoms with Crippen LogP contribution in [0.25, 0.3) is 0 Å². The summed E-state index contributed by atoms with van der Waals surface area (Å²) in [5.74, 6) is 0. The van der Waals surface area contributed by atoms with Gasteiger partial charge < -0.3 is 4.74 Å². The fourth-order valence-electron chi connectivity index (χ4n) is 0.963. The molecule has 0 heterocycles. The molecule has 0 unspecified atom stereocenters. The molecule has 0 atom stereocenters. The lowest BCUT2D eigenvalue weighted by Crippen LogP contribution is -1.81. The van der Waals surface area contributed by atoms with E-state index < -0.39 is 0 Å². The molecule has 0 aliphatic rings. The summed E-state index contributed by atoms with van der Waals surface area (Å²) in [6, 6.07) is 10.3. The second-order valence-corrected chi connectivity index (χ2v) is 2.52. The first-order chi connectivity index (χ1) is 5.93. The number of hydrogen-bond donors (Lipinski definition) is 0. The van der Waals surface area contributed by atoms with E-state index >= 15 is 0 Å². The number of rotatable bonds is 4. The third-order valence-corrected chi connectivity index (χ3v) is 1.56. The standard InChI is InChI=1S/C11H14O/c1-2-12-10-6-9-11-7-4-3-5-8-11/h3-8,10H,2,9H2,1H3/b10-6+. The fourth-order valence-corrected chi connectivity index (χ4v) is 0.963. The first-order valence-corrected chi connectivity index (χ1v) is 4.24. The van der Waals surface area contributed by atoms with Gasteiger partial charge in [-0.1, -0.05) is 30.3 Å². The molecule has 1 heteroatoms. The summed E-state index contributed by atoms with van der Waals surface area (Å²) < 4.78 is 5.07. The van der Waals surface area contributed by atoms with Crippen LogP contribution in [0.15, 0.2) is 42.7 Å². The molecule has 1 rings (SSSR count). The topological polar surface area (TPSA) is 9.23 Å². The second-order valence-electron chi connectivity index (χ2n) is 2.52. The van der Waals surface area contributed by atoms with Gasteiger partial charge in [-0.3, -0.25) is 0 Å². The Hall–Kier alpha value is -1.24. The van der Waals surface area contributed by atoms with E-state index in [4.69, 9.17) is 4.74 Å². The first-order valence-electron chi connectivity index (χ1n) is 4.24. The average Bonchev–Trinajstić information content (AvgIpc) is 2.14. The van der Waals surface area contributed by atoms with Crippen LogP contribution in [0.2, 0.25) is 0 Å². The molecule has 0 radical (unpaired) electrons. The van der Waals surface area contributed by atoms with Crippen molar-refractivity contribution >= 4 is 0 Å². The largest absolute Gasteiger partial charge is 0.502 e. The second kappa shape index (κ2) is 5.42. The van der Waals surface area contributed by atoms with E-state index in [2.05, 4.69) is 12.1 Å². The zero-order chi connectivity index (χ0) is 8.65. The van der Waals surface area contributed by atoms with E-state index in [0.29, 0.717) is 0 Å². The molecule has 0 saturated heterocycles. The maximum absolute atomic E-state index is 5.07. The van der Waals surface area contributed by atoms with Gasteiger partial charge in [-0.25, -0.2) is 0 Å². The molecule has 0 amide bonds. The Kier molecular flexibility index (Phi) is 4.00. The highest BCUT2D eigenvalue weighted by atomic mass is 16.5. The van der Waals surface area contributed by atoms with Crippen molar-refractivity contribution < 1.29 is 4.74 Å². The van der Waals surface area contributed by atoms with Gasteiger partial charge in [0.25, 0.3) is 0 Å². The zero-order valence-electron chi connectivity index (χ0n) is 7.36. The van der Waals surface area contributed by atoms with E-state index in [1.807, 2.05) is 31.2 Å². The Morgan fingerprint density at radius 1 is 1.25 bits per heavy atom. The fraction of sp³-hybridized carbons (Fsp3) is 0.273. The lowest BCUT2D eigenvalue weighted by Gasteiger charge is -1.94. The Bertz CT molecular complexity index is 226. The van der Waals surface area contributed by atoms with Crippen LogP contribution in [0.3, 0.4) is 0 Å². The van der Waals surface area contributed by atoms with Crippen LogP contribution in [0.5, 0.6) is 0 Å². The first kappa shape index (κ1) is 8.85. The molecule has 12 heavy (non-hydrogen) atoms. The van der Waals surface area contributed by atoms with Crippen LogP contribution in [0.1, 0.15) is 12.5 Å². The van der Waals surface area contributed by atoms with E-state index in [-0.39, 0.29) is 0 Å². The van der Waals surface area contributed by atoms with Gasteiger partial charge in [0.15, 0.2) is 0 Å². The minimum absolute atomic E-state index is 0.741. The van der Waals surface area contributed by atoms with E-state index in [1.165, 1.54) is 5.56 Å². The molecular weight excluding hydrogens is 148 g/mol. The summed E-state index contributed by atoms with van der Waals surface area (Å²) >= 11 is 0. The summed E-state index contributed by atoms with van der Waals surface area (Å²) in [5, 5.41) is 0. The summed E-state index contributed by atoms with van der Waals surface area (Å²) in [5.41, 5.74) is 1.31. The van der Waals surface area contributed by atoms with E-state index in [0.717, 1.165) is 13.0 Å². The summed E-state index contributed by atoms with van der Waals surface area (Å²) in [6.45, 7) is 2.72. The molecule has 0 aliphatic heterocycles. The van der Waals surface area contributed by atoms with Crippen molar-refractivity contribution in [2.75, 3.05) is 6.61 Å². The molecule has 0 N–H and O–H groups in total. The molecule has 0 saturated carbocycles. The van der Waals surface area contributed by atoms with Gasteiger partial charge in [0.05, 0.1) is 12.9 Å². The number of ether oxygens (including phenoxy) is 1. The Morgan fingerprint density at radius 2 is 2.00 bits per heavy atom. The zero-order valence-corrected chi connectivity index (χ0v) is 7.36. The Morgan fingerprint density at radius 3 is 2.67 bits per heavy atom. The maximum Gasteiger partial charge on any atom is 0.0845 e. The molecular formula is C11H14O. The van der Waals surface area contributed by atoms with Crippen LogP contribution in [0, 0.1) is 0 Å². The highest BCUT2D eigenvalue weighted by molar-refractivity contribution is 5.16. The molecule has 0 aliphatic carbocycles.